The van der Waals surface area contributed by atoms with E-state index < -0.39 is 0 Å². The van der Waals surface area contributed by atoms with Gasteiger partial charge >= 0.3 is 0 Å². The minimum atomic E-state index is -0.203. The lowest BCUT2D eigenvalue weighted by atomic mass is 9.77. The van der Waals surface area contributed by atoms with Crippen molar-refractivity contribution in [3.05, 3.63) is 0 Å². The van der Waals surface area contributed by atoms with E-state index in [1.807, 2.05) is 11.8 Å². The third kappa shape index (κ3) is 3.56. The van der Waals surface area contributed by atoms with Gasteiger partial charge in [-0.1, -0.05) is 6.92 Å². The SMILES string of the molecule is CC(=O)C1(C)CCN(C(=O)CC2CCNCC2)CC1. The number of rotatable bonds is 3. The molecule has 0 atom stereocenters. The number of likely N-dealkylation sites (tertiary alicyclic amines) is 1. The number of hydrogen-bond donors (Lipinski definition) is 1. The van der Waals surface area contributed by atoms with E-state index in [1.54, 1.807) is 6.92 Å². The van der Waals surface area contributed by atoms with Gasteiger partial charge in [0.2, 0.25) is 5.91 Å². The molecule has 108 valence electrons. The average Bonchev–Trinajstić information content (AvgIpc) is 2.40. The number of ketones is 1. The normalized spacial score (nSPS) is 24.2. The second-order valence-electron chi connectivity index (χ2n) is 6.40. The first-order valence-corrected chi connectivity index (χ1v) is 7.51. The monoisotopic (exact) mass is 266 g/mol. The number of hydrogen-bond acceptors (Lipinski definition) is 3. The van der Waals surface area contributed by atoms with E-state index >= 15 is 0 Å². The number of piperidine rings is 2. The Morgan fingerprint density at radius 2 is 1.79 bits per heavy atom. The molecule has 0 saturated carbocycles. The van der Waals surface area contributed by atoms with Crippen LogP contribution < -0.4 is 5.32 Å². The van der Waals surface area contributed by atoms with Crippen molar-refractivity contribution in [3.63, 3.8) is 0 Å². The molecule has 1 amide bonds. The lowest BCUT2D eigenvalue weighted by molar-refractivity contribution is -0.138. The molecule has 0 aliphatic carbocycles. The molecule has 4 heteroatoms. The third-order valence-electron chi connectivity index (χ3n) is 4.99. The van der Waals surface area contributed by atoms with E-state index in [-0.39, 0.29) is 17.1 Å². The molecule has 0 spiro atoms. The van der Waals surface area contributed by atoms with Crippen molar-refractivity contribution in [1.82, 2.24) is 10.2 Å². The predicted molar refractivity (Wildman–Crippen MR) is 74.8 cm³/mol. The first kappa shape index (κ1) is 14.5. The van der Waals surface area contributed by atoms with Crippen molar-refractivity contribution in [2.75, 3.05) is 26.2 Å². The Morgan fingerprint density at radius 3 is 2.32 bits per heavy atom. The summed E-state index contributed by atoms with van der Waals surface area (Å²) in [6.45, 7) is 7.29. The van der Waals surface area contributed by atoms with Crippen LogP contribution in [0.2, 0.25) is 0 Å². The number of amides is 1. The summed E-state index contributed by atoms with van der Waals surface area (Å²) in [5, 5.41) is 3.33. The Hall–Kier alpha value is -0.900. The molecule has 0 unspecified atom stereocenters. The van der Waals surface area contributed by atoms with Crippen molar-refractivity contribution < 1.29 is 9.59 Å². The molecule has 0 aromatic carbocycles. The van der Waals surface area contributed by atoms with Gasteiger partial charge < -0.3 is 10.2 Å². The van der Waals surface area contributed by atoms with Crippen molar-refractivity contribution in [2.24, 2.45) is 11.3 Å². The first-order chi connectivity index (χ1) is 9.01. The highest BCUT2D eigenvalue weighted by atomic mass is 16.2. The van der Waals surface area contributed by atoms with Crippen LogP contribution in [0.4, 0.5) is 0 Å². The first-order valence-electron chi connectivity index (χ1n) is 7.51. The van der Waals surface area contributed by atoms with Crippen LogP contribution in [0.15, 0.2) is 0 Å². The van der Waals surface area contributed by atoms with E-state index in [0.717, 1.165) is 51.9 Å². The minimum Gasteiger partial charge on any atom is -0.343 e. The molecule has 2 fully saturated rings. The Balaban J connectivity index is 1.80. The van der Waals surface area contributed by atoms with Gasteiger partial charge in [-0.2, -0.15) is 0 Å². The molecule has 2 saturated heterocycles. The third-order valence-corrected chi connectivity index (χ3v) is 4.99. The zero-order chi connectivity index (χ0) is 13.9. The molecule has 0 bridgehead atoms. The highest BCUT2D eigenvalue weighted by Gasteiger charge is 2.35. The number of Topliss-reactive ketones (excluding diaryl/α,β-unsaturated/α-hetero) is 1. The van der Waals surface area contributed by atoms with Crippen LogP contribution in [0.5, 0.6) is 0 Å². The summed E-state index contributed by atoms with van der Waals surface area (Å²) < 4.78 is 0. The molecule has 2 aliphatic heterocycles. The van der Waals surface area contributed by atoms with Crippen LogP contribution in [0, 0.1) is 11.3 Å². The van der Waals surface area contributed by atoms with Crippen molar-refractivity contribution in [3.8, 4) is 0 Å². The number of nitrogens with zero attached hydrogens (tertiary/aromatic N) is 1. The molecule has 0 aromatic rings. The second-order valence-corrected chi connectivity index (χ2v) is 6.40. The van der Waals surface area contributed by atoms with Gasteiger partial charge in [0.15, 0.2) is 0 Å². The van der Waals surface area contributed by atoms with Gasteiger partial charge in [0.25, 0.3) is 0 Å². The summed E-state index contributed by atoms with van der Waals surface area (Å²) in [7, 11) is 0. The highest BCUT2D eigenvalue weighted by Crippen LogP contribution is 2.32. The van der Waals surface area contributed by atoms with Gasteiger partial charge in [0, 0.05) is 24.9 Å². The van der Waals surface area contributed by atoms with Crippen LogP contribution in [0.25, 0.3) is 0 Å². The Bertz CT molecular complexity index is 340. The fourth-order valence-electron chi connectivity index (χ4n) is 3.06. The fourth-order valence-corrected chi connectivity index (χ4v) is 3.06. The summed E-state index contributed by atoms with van der Waals surface area (Å²) >= 11 is 0. The van der Waals surface area contributed by atoms with Gasteiger partial charge in [-0.15, -0.1) is 0 Å². The quantitative estimate of drug-likeness (QED) is 0.844. The van der Waals surface area contributed by atoms with E-state index in [9.17, 15) is 9.59 Å². The summed E-state index contributed by atoms with van der Waals surface area (Å²) in [5.41, 5.74) is -0.203. The number of nitrogens with one attached hydrogen (secondary N) is 1. The fraction of sp³-hybridized carbons (Fsp3) is 0.867. The van der Waals surface area contributed by atoms with Crippen LogP contribution in [0.3, 0.4) is 0 Å². The summed E-state index contributed by atoms with van der Waals surface area (Å²) in [6, 6.07) is 0. The Kier molecular flexibility index (Phi) is 4.61. The molecule has 2 rings (SSSR count). The maximum atomic E-state index is 12.3. The topological polar surface area (TPSA) is 49.4 Å². The standard InChI is InChI=1S/C15H26N2O2/c1-12(18)15(2)5-9-17(10-6-15)14(19)11-13-3-7-16-8-4-13/h13,16H,3-11H2,1-2H3. The van der Waals surface area contributed by atoms with E-state index in [2.05, 4.69) is 5.32 Å². The molecule has 2 heterocycles. The van der Waals surface area contributed by atoms with Crippen LogP contribution >= 0.6 is 0 Å². The minimum absolute atomic E-state index is 0.203. The zero-order valence-corrected chi connectivity index (χ0v) is 12.2. The van der Waals surface area contributed by atoms with E-state index in [1.165, 1.54) is 0 Å². The van der Waals surface area contributed by atoms with Gasteiger partial charge in [0.1, 0.15) is 5.78 Å². The van der Waals surface area contributed by atoms with Gasteiger partial charge in [-0.25, -0.2) is 0 Å². The van der Waals surface area contributed by atoms with Crippen molar-refractivity contribution in [2.45, 2.75) is 46.0 Å². The summed E-state index contributed by atoms with van der Waals surface area (Å²) in [5.74, 6) is 1.10. The number of carbonyl (C=O) groups is 2. The second kappa shape index (κ2) is 6.04. The zero-order valence-electron chi connectivity index (χ0n) is 12.2. The van der Waals surface area contributed by atoms with Crippen LogP contribution in [-0.4, -0.2) is 42.8 Å². The van der Waals surface area contributed by atoms with Crippen LogP contribution in [0.1, 0.15) is 46.0 Å². The van der Waals surface area contributed by atoms with Crippen molar-refractivity contribution >= 4 is 11.7 Å². The molecule has 0 radical (unpaired) electrons. The molecular weight excluding hydrogens is 240 g/mol. The maximum Gasteiger partial charge on any atom is 0.222 e. The predicted octanol–water partition coefficient (Wildman–Crippen LogP) is 1.59. The largest absolute Gasteiger partial charge is 0.343 e. The summed E-state index contributed by atoms with van der Waals surface area (Å²) in [4.78, 5) is 25.8. The van der Waals surface area contributed by atoms with Gasteiger partial charge in [-0.3, -0.25) is 9.59 Å². The van der Waals surface area contributed by atoms with Gasteiger partial charge in [0.05, 0.1) is 0 Å². The Morgan fingerprint density at radius 1 is 1.21 bits per heavy atom. The van der Waals surface area contributed by atoms with E-state index in [4.69, 9.17) is 0 Å². The summed E-state index contributed by atoms with van der Waals surface area (Å²) in [6.07, 6.45) is 4.56. The Labute approximate surface area is 115 Å². The van der Waals surface area contributed by atoms with Crippen LogP contribution in [-0.2, 0) is 9.59 Å². The lowest BCUT2D eigenvalue weighted by Gasteiger charge is -2.38. The number of carbonyl (C=O) groups excluding carboxylic acids is 2. The average molecular weight is 266 g/mol. The highest BCUT2D eigenvalue weighted by molar-refractivity contribution is 5.82. The molecule has 2 aliphatic rings. The molecule has 4 nitrogen and oxygen atoms in total. The molecular formula is C15H26N2O2. The molecule has 0 aromatic heterocycles. The molecule has 1 N–H and O–H groups in total. The van der Waals surface area contributed by atoms with E-state index in [0.29, 0.717) is 12.3 Å². The van der Waals surface area contributed by atoms with Gasteiger partial charge in [-0.05, 0) is 51.6 Å². The molecule has 19 heavy (non-hydrogen) atoms. The van der Waals surface area contributed by atoms with Crippen molar-refractivity contribution in [1.29, 1.82) is 0 Å². The lowest BCUT2D eigenvalue weighted by Crippen LogP contribution is -2.45. The smallest absolute Gasteiger partial charge is 0.222 e. The maximum absolute atomic E-state index is 12.3.